The fourth-order valence-electron chi connectivity index (χ4n) is 2.57. The Bertz CT molecular complexity index is 533. The Morgan fingerprint density at radius 1 is 0.905 bits per heavy atom. The Kier molecular flexibility index (Phi) is 5.26. The zero-order valence-corrected chi connectivity index (χ0v) is 13.4. The van der Waals surface area contributed by atoms with E-state index >= 15 is 0 Å². The Labute approximate surface area is 128 Å². The molecule has 0 aliphatic carbocycles. The van der Waals surface area contributed by atoms with Crippen LogP contribution in [0.1, 0.15) is 32.4 Å². The summed E-state index contributed by atoms with van der Waals surface area (Å²) in [6.45, 7) is 7.81. The third kappa shape index (κ3) is 4.01. The summed E-state index contributed by atoms with van der Waals surface area (Å²) >= 11 is 0. The number of anilines is 1. The second kappa shape index (κ2) is 7.16. The molecule has 0 amide bonds. The first kappa shape index (κ1) is 15.4. The molecule has 0 aliphatic rings. The molecule has 0 bridgehead atoms. The van der Waals surface area contributed by atoms with Crippen LogP contribution in [0.15, 0.2) is 54.6 Å². The molecule has 1 atom stereocenters. The van der Waals surface area contributed by atoms with E-state index in [1.54, 1.807) is 7.11 Å². The first-order valence-corrected chi connectivity index (χ1v) is 7.57. The zero-order chi connectivity index (χ0) is 15.2. The summed E-state index contributed by atoms with van der Waals surface area (Å²) in [6, 6.07) is 19.4. The van der Waals surface area contributed by atoms with Crippen molar-refractivity contribution < 1.29 is 4.74 Å². The van der Waals surface area contributed by atoms with Crippen molar-refractivity contribution in [2.24, 2.45) is 5.92 Å². The maximum absolute atomic E-state index is 5.26. The lowest BCUT2D eigenvalue weighted by Gasteiger charge is -2.33. The molecule has 0 heterocycles. The van der Waals surface area contributed by atoms with Crippen molar-refractivity contribution in [2.75, 3.05) is 18.6 Å². The van der Waals surface area contributed by atoms with Crippen LogP contribution in [0, 0.1) is 5.92 Å². The predicted molar refractivity (Wildman–Crippen MR) is 90.0 cm³/mol. The van der Waals surface area contributed by atoms with E-state index in [0.717, 1.165) is 12.3 Å². The number of rotatable bonds is 6. The fourth-order valence-corrected chi connectivity index (χ4v) is 2.57. The van der Waals surface area contributed by atoms with Gasteiger partial charge in [-0.3, -0.25) is 0 Å². The summed E-state index contributed by atoms with van der Waals surface area (Å²) < 4.78 is 5.26. The lowest BCUT2D eigenvalue weighted by Crippen LogP contribution is -2.30. The molecule has 2 aromatic carbocycles. The van der Waals surface area contributed by atoms with Crippen LogP contribution in [0.3, 0.4) is 0 Å². The molecule has 0 saturated carbocycles. The van der Waals surface area contributed by atoms with Crippen LogP contribution in [0.2, 0.25) is 0 Å². The highest BCUT2D eigenvalue weighted by Gasteiger charge is 2.17. The first-order chi connectivity index (χ1) is 10.1. The van der Waals surface area contributed by atoms with Gasteiger partial charge in [-0.25, -0.2) is 0 Å². The van der Waals surface area contributed by atoms with Crippen LogP contribution >= 0.6 is 0 Å². The summed E-state index contributed by atoms with van der Waals surface area (Å²) in [7, 11) is 1.70. The molecule has 2 heteroatoms. The number of methoxy groups -OCH3 is 1. The average Bonchev–Trinajstić information content (AvgIpc) is 2.53. The zero-order valence-electron chi connectivity index (χ0n) is 13.4. The molecule has 0 fully saturated rings. The minimum atomic E-state index is 0.349. The minimum absolute atomic E-state index is 0.349. The molecule has 112 valence electrons. The van der Waals surface area contributed by atoms with Crippen LogP contribution in [-0.4, -0.2) is 13.7 Å². The Morgan fingerprint density at radius 3 is 2.05 bits per heavy atom. The molecule has 2 nitrogen and oxygen atoms in total. The van der Waals surface area contributed by atoms with Crippen molar-refractivity contribution in [1.82, 2.24) is 0 Å². The van der Waals surface area contributed by atoms with Crippen LogP contribution in [0.25, 0.3) is 0 Å². The molecule has 0 aliphatic heterocycles. The molecule has 1 unspecified atom stereocenters. The van der Waals surface area contributed by atoms with Gasteiger partial charge in [0.05, 0.1) is 13.2 Å². The molecule has 0 saturated heterocycles. The molecule has 2 rings (SSSR count). The highest BCUT2D eigenvalue weighted by molar-refractivity contribution is 5.51. The van der Waals surface area contributed by atoms with Crippen molar-refractivity contribution in [1.29, 1.82) is 0 Å². The number of ether oxygens (including phenoxy) is 1. The second-order valence-electron chi connectivity index (χ2n) is 5.83. The van der Waals surface area contributed by atoms with E-state index in [9.17, 15) is 0 Å². The monoisotopic (exact) mass is 283 g/mol. The summed E-state index contributed by atoms with van der Waals surface area (Å²) in [4.78, 5) is 2.46. The predicted octanol–water partition coefficient (Wildman–Crippen LogP) is 4.92. The first-order valence-electron chi connectivity index (χ1n) is 7.57. The minimum Gasteiger partial charge on any atom is -0.497 e. The number of hydrogen-bond donors (Lipinski definition) is 0. The van der Waals surface area contributed by atoms with Crippen LogP contribution in [0.5, 0.6) is 5.75 Å². The van der Waals surface area contributed by atoms with Gasteiger partial charge >= 0.3 is 0 Å². The topological polar surface area (TPSA) is 12.5 Å². The molecule has 0 aromatic heterocycles. The highest BCUT2D eigenvalue weighted by atomic mass is 16.5. The van der Waals surface area contributed by atoms with Gasteiger partial charge in [-0.15, -0.1) is 0 Å². The smallest absolute Gasteiger partial charge is 0.119 e. The molecule has 0 N–H and O–H groups in total. The van der Waals surface area contributed by atoms with Crippen LogP contribution < -0.4 is 9.64 Å². The van der Waals surface area contributed by atoms with Crippen LogP contribution in [0.4, 0.5) is 5.69 Å². The molecular formula is C19H25NO. The molecule has 0 radical (unpaired) electrons. The van der Waals surface area contributed by atoms with E-state index in [-0.39, 0.29) is 0 Å². The summed E-state index contributed by atoms with van der Waals surface area (Å²) in [5, 5.41) is 0. The quantitative estimate of drug-likeness (QED) is 0.746. The Hall–Kier alpha value is -1.96. The van der Waals surface area contributed by atoms with Gasteiger partial charge in [0.2, 0.25) is 0 Å². The Morgan fingerprint density at radius 2 is 1.52 bits per heavy atom. The SMILES string of the molecule is COc1ccc(N(CC(C)C)C(C)c2ccccc2)cc1. The van der Waals surface area contributed by atoms with Crippen molar-refractivity contribution in [2.45, 2.75) is 26.8 Å². The van der Waals surface area contributed by atoms with E-state index in [4.69, 9.17) is 4.74 Å². The second-order valence-corrected chi connectivity index (χ2v) is 5.83. The van der Waals surface area contributed by atoms with E-state index in [1.807, 2.05) is 12.1 Å². The highest BCUT2D eigenvalue weighted by Crippen LogP contribution is 2.29. The maximum atomic E-state index is 5.26. The van der Waals surface area contributed by atoms with Crippen molar-refractivity contribution in [3.05, 3.63) is 60.2 Å². The summed E-state index contributed by atoms with van der Waals surface area (Å²) in [5.74, 6) is 1.51. The molecule has 21 heavy (non-hydrogen) atoms. The normalized spacial score (nSPS) is 12.2. The van der Waals surface area contributed by atoms with Crippen molar-refractivity contribution >= 4 is 5.69 Å². The average molecular weight is 283 g/mol. The van der Waals surface area contributed by atoms with E-state index in [0.29, 0.717) is 12.0 Å². The van der Waals surface area contributed by atoms with Gasteiger partial charge in [0.1, 0.15) is 5.75 Å². The van der Waals surface area contributed by atoms with Crippen molar-refractivity contribution in [3.63, 3.8) is 0 Å². The third-order valence-corrected chi connectivity index (χ3v) is 3.72. The number of hydrogen-bond acceptors (Lipinski definition) is 2. The molecular weight excluding hydrogens is 258 g/mol. The maximum Gasteiger partial charge on any atom is 0.119 e. The van der Waals surface area contributed by atoms with Crippen molar-refractivity contribution in [3.8, 4) is 5.75 Å². The Balaban J connectivity index is 2.28. The van der Waals surface area contributed by atoms with Gasteiger partial charge in [0.15, 0.2) is 0 Å². The van der Waals surface area contributed by atoms with Gasteiger partial charge in [-0.05, 0) is 42.7 Å². The van der Waals surface area contributed by atoms with Gasteiger partial charge in [-0.1, -0.05) is 44.2 Å². The largest absolute Gasteiger partial charge is 0.497 e. The molecule has 2 aromatic rings. The summed E-state index contributed by atoms with van der Waals surface area (Å²) in [6.07, 6.45) is 0. The molecule has 0 spiro atoms. The van der Waals surface area contributed by atoms with Gasteiger partial charge in [0.25, 0.3) is 0 Å². The number of benzene rings is 2. The van der Waals surface area contributed by atoms with Crippen LogP contribution in [-0.2, 0) is 0 Å². The third-order valence-electron chi connectivity index (χ3n) is 3.72. The van der Waals surface area contributed by atoms with E-state index < -0.39 is 0 Å². The lowest BCUT2D eigenvalue weighted by atomic mass is 10.0. The van der Waals surface area contributed by atoms with Gasteiger partial charge < -0.3 is 9.64 Å². The van der Waals surface area contributed by atoms with E-state index in [1.165, 1.54) is 11.3 Å². The fraction of sp³-hybridized carbons (Fsp3) is 0.368. The van der Waals surface area contributed by atoms with Gasteiger partial charge in [-0.2, -0.15) is 0 Å². The standard InChI is InChI=1S/C19H25NO/c1-15(2)14-20(16(3)17-8-6-5-7-9-17)18-10-12-19(21-4)13-11-18/h5-13,15-16H,14H2,1-4H3. The van der Waals surface area contributed by atoms with Gasteiger partial charge in [0, 0.05) is 12.2 Å². The lowest BCUT2D eigenvalue weighted by molar-refractivity contribution is 0.414. The summed E-state index contributed by atoms with van der Waals surface area (Å²) in [5.41, 5.74) is 2.58. The van der Waals surface area contributed by atoms with E-state index in [2.05, 4.69) is 68.1 Å². The number of nitrogens with zero attached hydrogens (tertiary/aromatic N) is 1.